The van der Waals surface area contributed by atoms with Crippen LogP contribution in [-0.4, -0.2) is 49.5 Å². The van der Waals surface area contributed by atoms with Crippen molar-refractivity contribution in [2.45, 2.75) is 39.8 Å². The average Bonchev–Trinajstić information content (AvgIpc) is 3.62. The summed E-state index contributed by atoms with van der Waals surface area (Å²) in [4.78, 5) is 18.0. The topological polar surface area (TPSA) is 125 Å². The number of H-pyrrole nitrogens is 1. The zero-order valence-corrected chi connectivity index (χ0v) is 19.0. The third-order valence-electron chi connectivity index (χ3n) is 5.67. The van der Waals surface area contributed by atoms with Gasteiger partial charge in [-0.3, -0.25) is 14.1 Å². The van der Waals surface area contributed by atoms with Crippen molar-refractivity contribution in [3.63, 3.8) is 0 Å². The largest absolute Gasteiger partial charge is 0.335 e. The normalized spacial score (nSPS) is 11.2. The number of aromatic nitrogens is 10. The molecule has 11 nitrogen and oxygen atoms in total. The average molecular weight is 457 g/mol. The molecule has 0 atom stereocenters. The number of nitrogens with one attached hydrogen (secondary N) is 1. The molecule has 0 aliphatic rings. The monoisotopic (exact) mass is 456 g/mol. The first-order valence-electron chi connectivity index (χ1n) is 11.2. The number of aryl methyl sites for hydroxylation is 2. The number of imidazole rings is 1. The van der Waals surface area contributed by atoms with E-state index in [0.717, 1.165) is 40.9 Å². The Balaban J connectivity index is 1.47. The molecule has 4 aromatic heterocycles. The molecule has 0 saturated carbocycles. The summed E-state index contributed by atoms with van der Waals surface area (Å²) >= 11 is 0. The second kappa shape index (κ2) is 9.22. The van der Waals surface area contributed by atoms with Gasteiger partial charge in [0.25, 0.3) is 0 Å². The molecule has 4 heterocycles. The van der Waals surface area contributed by atoms with Crippen LogP contribution in [0.25, 0.3) is 28.6 Å². The third-order valence-corrected chi connectivity index (χ3v) is 5.67. The third kappa shape index (κ3) is 3.91. The van der Waals surface area contributed by atoms with E-state index < -0.39 is 0 Å². The van der Waals surface area contributed by atoms with Crippen LogP contribution in [0.1, 0.15) is 31.5 Å². The van der Waals surface area contributed by atoms with E-state index in [4.69, 9.17) is 0 Å². The number of rotatable bonds is 8. The quantitative estimate of drug-likeness (QED) is 0.380. The molecule has 1 N–H and O–H groups in total. The van der Waals surface area contributed by atoms with E-state index in [1.54, 1.807) is 21.7 Å². The van der Waals surface area contributed by atoms with Crippen molar-refractivity contribution in [3.05, 3.63) is 76.9 Å². The Morgan fingerprint density at radius 3 is 2.59 bits per heavy atom. The lowest BCUT2D eigenvalue weighted by atomic mass is 10.0. The van der Waals surface area contributed by atoms with Crippen molar-refractivity contribution in [1.82, 2.24) is 49.5 Å². The summed E-state index contributed by atoms with van der Waals surface area (Å²) in [5.41, 5.74) is 4.27. The smallest absolute Gasteiger partial charge is 0.299 e. The zero-order chi connectivity index (χ0) is 23.5. The molecule has 0 aliphatic heterocycles. The van der Waals surface area contributed by atoms with Gasteiger partial charge in [-0.25, -0.2) is 9.36 Å². The van der Waals surface area contributed by atoms with Crippen LogP contribution in [-0.2, 0) is 19.5 Å². The molecule has 0 radical (unpaired) electrons. The highest BCUT2D eigenvalue weighted by molar-refractivity contribution is 5.78. The lowest BCUT2D eigenvalue weighted by Gasteiger charge is -2.09. The van der Waals surface area contributed by atoms with Crippen molar-refractivity contribution < 1.29 is 0 Å². The highest BCUT2D eigenvalue weighted by atomic mass is 16.2. The number of aromatic amines is 1. The molecule has 11 heteroatoms. The van der Waals surface area contributed by atoms with Gasteiger partial charge in [0.05, 0.1) is 12.2 Å². The fraction of sp³-hybridized carbons (Fsp3) is 0.261. The molecule has 5 rings (SSSR count). The predicted molar refractivity (Wildman–Crippen MR) is 125 cm³/mol. The second-order valence-electron chi connectivity index (χ2n) is 7.86. The maximum Gasteiger partial charge on any atom is 0.335 e. The number of hydrogen-bond acceptors (Lipinski definition) is 7. The Morgan fingerprint density at radius 1 is 1.03 bits per heavy atom. The van der Waals surface area contributed by atoms with E-state index in [1.165, 1.54) is 0 Å². The van der Waals surface area contributed by atoms with Crippen LogP contribution in [0.2, 0.25) is 0 Å². The van der Waals surface area contributed by atoms with Crippen LogP contribution < -0.4 is 5.69 Å². The van der Waals surface area contributed by atoms with Gasteiger partial charge in [-0.15, -0.1) is 20.4 Å². The summed E-state index contributed by atoms with van der Waals surface area (Å²) < 4.78 is 5.20. The van der Waals surface area contributed by atoms with Crippen molar-refractivity contribution >= 4 is 0 Å². The second-order valence-corrected chi connectivity index (χ2v) is 7.86. The number of benzene rings is 1. The van der Waals surface area contributed by atoms with Crippen molar-refractivity contribution in [2.75, 3.05) is 0 Å². The lowest BCUT2D eigenvalue weighted by molar-refractivity contribution is 0.669. The van der Waals surface area contributed by atoms with Gasteiger partial charge in [0.1, 0.15) is 6.33 Å². The lowest BCUT2D eigenvalue weighted by Crippen LogP contribution is -2.26. The number of hydrogen-bond donors (Lipinski definition) is 1. The molecule has 34 heavy (non-hydrogen) atoms. The van der Waals surface area contributed by atoms with E-state index in [0.29, 0.717) is 24.9 Å². The van der Waals surface area contributed by atoms with Crippen molar-refractivity contribution in [2.24, 2.45) is 0 Å². The van der Waals surface area contributed by atoms with Crippen molar-refractivity contribution in [3.8, 4) is 28.6 Å². The molecule has 5 aromatic rings. The Kier molecular flexibility index (Phi) is 5.81. The van der Waals surface area contributed by atoms with Crippen LogP contribution in [0.4, 0.5) is 0 Å². The highest BCUT2D eigenvalue weighted by Gasteiger charge is 2.17. The first kappa shape index (κ1) is 21.4. The van der Waals surface area contributed by atoms with Crippen LogP contribution in [0.3, 0.4) is 0 Å². The SMILES string of the molecule is CCCc1cn(-c2nncn2CC)c(=O)n1Cc1ccc(-c2ccccc2-c2nn[nH]n2)nc1. The first-order chi connectivity index (χ1) is 16.7. The molecule has 172 valence electrons. The van der Waals surface area contributed by atoms with Crippen LogP contribution >= 0.6 is 0 Å². The van der Waals surface area contributed by atoms with Gasteiger partial charge in [0.2, 0.25) is 11.8 Å². The van der Waals surface area contributed by atoms with Gasteiger partial charge >= 0.3 is 5.69 Å². The maximum absolute atomic E-state index is 13.3. The Labute approximate surface area is 195 Å². The zero-order valence-electron chi connectivity index (χ0n) is 19.0. The molecular formula is C23H24N10O. The molecular weight excluding hydrogens is 432 g/mol. The van der Waals surface area contributed by atoms with Gasteiger partial charge in [-0.05, 0) is 30.2 Å². The summed E-state index contributed by atoms with van der Waals surface area (Å²) in [5.74, 6) is 1.04. The molecule has 0 bridgehead atoms. The Bertz CT molecular complexity index is 1440. The predicted octanol–water partition coefficient (Wildman–Crippen LogP) is 2.49. The molecule has 0 saturated heterocycles. The Hall–Kier alpha value is -4.41. The molecule has 0 spiro atoms. The van der Waals surface area contributed by atoms with Gasteiger partial charge in [0, 0.05) is 35.8 Å². The summed E-state index contributed by atoms with van der Waals surface area (Å²) in [6, 6.07) is 11.7. The van der Waals surface area contributed by atoms with E-state index in [-0.39, 0.29) is 5.69 Å². The number of pyridine rings is 1. The van der Waals surface area contributed by atoms with E-state index in [1.807, 2.05) is 54.1 Å². The fourth-order valence-electron chi connectivity index (χ4n) is 3.99. The van der Waals surface area contributed by atoms with Crippen LogP contribution in [0.5, 0.6) is 0 Å². The minimum atomic E-state index is -0.141. The van der Waals surface area contributed by atoms with Crippen LogP contribution in [0.15, 0.2) is 59.9 Å². The summed E-state index contributed by atoms with van der Waals surface area (Å²) in [5, 5.41) is 22.4. The molecule has 1 aromatic carbocycles. The first-order valence-corrected chi connectivity index (χ1v) is 11.2. The molecule has 0 unspecified atom stereocenters. The van der Waals surface area contributed by atoms with E-state index in [2.05, 4.69) is 42.7 Å². The standard InChI is InChI=1S/C23H24N10O/c1-3-7-17-14-33(22-28-25-15-31(22)4-2)23(34)32(17)13-16-10-11-20(24-12-16)18-8-5-6-9-19(18)21-26-29-30-27-21/h5-6,8-12,14-15H,3-4,7,13H2,1-2H3,(H,26,27,29,30). The van der Waals surface area contributed by atoms with Gasteiger partial charge in [-0.2, -0.15) is 5.21 Å². The molecule has 0 aliphatic carbocycles. The molecule has 0 fully saturated rings. The fourth-order valence-corrected chi connectivity index (χ4v) is 3.99. The van der Waals surface area contributed by atoms with E-state index in [9.17, 15) is 4.79 Å². The number of nitrogens with zero attached hydrogens (tertiary/aromatic N) is 9. The minimum Gasteiger partial charge on any atom is -0.299 e. The Morgan fingerprint density at radius 2 is 1.88 bits per heavy atom. The van der Waals surface area contributed by atoms with Gasteiger partial charge < -0.3 is 0 Å². The summed E-state index contributed by atoms with van der Waals surface area (Å²) in [7, 11) is 0. The maximum atomic E-state index is 13.3. The molecule has 0 amide bonds. The van der Waals surface area contributed by atoms with Crippen molar-refractivity contribution in [1.29, 1.82) is 0 Å². The van der Waals surface area contributed by atoms with E-state index >= 15 is 0 Å². The van der Waals surface area contributed by atoms with Gasteiger partial charge in [-0.1, -0.05) is 43.7 Å². The van der Waals surface area contributed by atoms with Crippen LogP contribution in [0, 0.1) is 0 Å². The number of tetrazole rings is 1. The summed E-state index contributed by atoms with van der Waals surface area (Å²) in [6.07, 6.45) is 7.01. The summed E-state index contributed by atoms with van der Waals surface area (Å²) in [6.45, 7) is 5.19. The highest BCUT2D eigenvalue weighted by Crippen LogP contribution is 2.28. The minimum absolute atomic E-state index is 0.141. The van der Waals surface area contributed by atoms with Gasteiger partial charge in [0.15, 0.2) is 0 Å².